The summed E-state index contributed by atoms with van der Waals surface area (Å²) in [6.45, 7) is 0. The van der Waals surface area contributed by atoms with Crippen LogP contribution in [0.15, 0.2) is 47.5 Å². The number of phenols is 1. The molecule has 0 unspecified atom stereocenters. The van der Waals surface area contributed by atoms with Gasteiger partial charge in [0.1, 0.15) is 10.9 Å². The van der Waals surface area contributed by atoms with Gasteiger partial charge in [-0.25, -0.2) is 4.98 Å². The van der Waals surface area contributed by atoms with E-state index in [1.54, 1.807) is 36.2 Å². The van der Waals surface area contributed by atoms with Crippen molar-refractivity contribution in [2.24, 2.45) is 0 Å². The van der Waals surface area contributed by atoms with Gasteiger partial charge < -0.3 is 5.11 Å². The highest BCUT2D eigenvalue weighted by atomic mass is 35.5. The van der Waals surface area contributed by atoms with Gasteiger partial charge in [-0.1, -0.05) is 23.7 Å². The normalized spacial score (nSPS) is 10.3. The van der Waals surface area contributed by atoms with Gasteiger partial charge in [-0.15, -0.1) is 11.8 Å². The number of benzene rings is 1. The van der Waals surface area contributed by atoms with Crippen molar-refractivity contribution in [3.63, 3.8) is 0 Å². The summed E-state index contributed by atoms with van der Waals surface area (Å²) < 4.78 is 0. The molecule has 2 rings (SSSR count). The van der Waals surface area contributed by atoms with Crippen LogP contribution < -0.4 is 0 Å². The molecule has 0 saturated carbocycles. The van der Waals surface area contributed by atoms with E-state index in [2.05, 4.69) is 4.98 Å². The summed E-state index contributed by atoms with van der Waals surface area (Å²) >= 11 is 7.35. The molecule has 0 spiro atoms. The van der Waals surface area contributed by atoms with Crippen molar-refractivity contribution in [1.82, 2.24) is 4.98 Å². The lowest BCUT2D eigenvalue weighted by molar-refractivity contribution is 0.474. The number of aromatic nitrogens is 1. The maximum absolute atomic E-state index is 9.30. The predicted molar refractivity (Wildman–Crippen MR) is 66.9 cm³/mol. The molecule has 0 radical (unpaired) electrons. The topological polar surface area (TPSA) is 33.1 Å². The average molecular weight is 252 g/mol. The Kier molecular flexibility index (Phi) is 3.70. The van der Waals surface area contributed by atoms with E-state index in [-0.39, 0.29) is 0 Å². The highest BCUT2D eigenvalue weighted by molar-refractivity contribution is 7.98. The van der Waals surface area contributed by atoms with Crippen molar-refractivity contribution in [3.8, 4) is 5.75 Å². The molecule has 0 atom stereocenters. The van der Waals surface area contributed by atoms with E-state index in [1.807, 2.05) is 18.2 Å². The van der Waals surface area contributed by atoms with E-state index in [0.29, 0.717) is 10.9 Å². The number of nitrogens with zero attached hydrogens (tertiary/aromatic N) is 1. The number of aromatic hydroxyl groups is 1. The first-order valence-electron chi connectivity index (χ1n) is 4.76. The zero-order valence-electron chi connectivity index (χ0n) is 8.43. The minimum absolute atomic E-state index is 0.291. The van der Waals surface area contributed by atoms with E-state index in [1.165, 1.54) is 0 Å². The Bertz CT molecular complexity index is 473. The Balaban J connectivity index is 1.99. The Morgan fingerprint density at radius 2 is 2.12 bits per heavy atom. The van der Waals surface area contributed by atoms with Crippen molar-refractivity contribution in [1.29, 1.82) is 0 Å². The molecule has 2 aromatic rings. The van der Waals surface area contributed by atoms with E-state index in [4.69, 9.17) is 11.6 Å². The van der Waals surface area contributed by atoms with Crippen LogP contribution in [0.5, 0.6) is 5.75 Å². The highest BCUT2D eigenvalue weighted by Crippen LogP contribution is 2.25. The van der Waals surface area contributed by atoms with Crippen molar-refractivity contribution < 1.29 is 5.11 Å². The first-order chi connectivity index (χ1) is 7.74. The van der Waals surface area contributed by atoms with Gasteiger partial charge in [0.2, 0.25) is 0 Å². The molecule has 0 bridgehead atoms. The molecule has 0 aliphatic rings. The summed E-state index contributed by atoms with van der Waals surface area (Å²) in [5.74, 6) is 1.10. The molecule has 0 amide bonds. The summed E-state index contributed by atoms with van der Waals surface area (Å²) in [5.41, 5.74) is 1.11. The first kappa shape index (κ1) is 11.3. The Labute approximate surface area is 103 Å². The number of thioether (sulfide) groups is 1. The van der Waals surface area contributed by atoms with Crippen molar-refractivity contribution in [2.75, 3.05) is 0 Å². The molecule has 16 heavy (non-hydrogen) atoms. The molecular weight excluding hydrogens is 242 g/mol. The molecule has 2 nitrogen and oxygen atoms in total. The Morgan fingerprint density at radius 3 is 2.81 bits per heavy atom. The summed E-state index contributed by atoms with van der Waals surface area (Å²) in [6.07, 6.45) is 1.76. The van der Waals surface area contributed by atoms with Gasteiger partial charge in [-0.2, -0.15) is 0 Å². The Morgan fingerprint density at radius 1 is 1.25 bits per heavy atom. The summed E-state index contributed by atoms with van der Waals surface area (Å²) in [5, 5.41) is 9.81. The number of rotatable bonds is 3. The van der Waals surface area contributed by atoms with Gasteiger partial charge in [0.15, 0.2) is 0 Å². The third-order valence-electron chi connectivity index (χ3n) is 2.01. The van der Waals surface area contributed by atoms with Crippen LogP contribution in [0.3, 0.4) is 0 Å². The maximum atomic E-state index is 9.30. The van der Waals surface area contributed by atoms with E-state index in [0.717, 1.165) is 16.2 Å². The fourth-order valence-electron chi connectivity index (χ4n) is 1.23. The summed E-state index contributed by atoms with van der Waals surface area (Å²) in [7, 11) is 0. The van der Waals surface area contributed by atoms with Gasteiger partial charge in [-0.3, -0.25) is 0 Å². The third kappa shape index (κ3) is 3.15. The monoisotopic (exact) mass is 251 g/mol. The van der Waals surface area contributed by atoms with Crippen LogP contribution in [0.1, 0.15) is 5.56 Å². The standard InChI is InChI=1S/C12H10ClNOS/c13-12-5-4-9(7-14-12)8-16-11-3-1-2-10(15)6-11/h1-7,15H,8H2. The number of hydrogen-bond donors (Lipinski definition) is 1. The van der Waals surface area contributed by atoms with Crippen molar-refractivity contribution in [2.45, 2.75) is 10.6 Å². The second-order valence-electron chi connectivity index (χ2n) is 3.28. The van der Waals surface area contributed by atoms with Gasteiger partial charge in [0, 0.05) is 16.8 Å². The molecule has 0 saturated heterocycles. The molecule has 1 aromatic heterocycles. The molecule has 1 N–H and O–H groups in total. The largest absolute Gasteiger partial charge is 0.508 e. The molecule has 0 fully saturated rings. The molecule has 1 aromatic carbocycles. The molecule has 1 heterocycles. The van der Waals surface area contributed by atoms with Crippen LogP contribution in [-0.2, 0) is 5.75 Å². The SMILES string of the molecule is Oc1cccc(SCc2ccc(Cl)nc2)c1. The van der Waals surface area contributed by atoms with Crippen molar-refractivity contribution >= 4 is 23.4 Å². The number of halogens is 1. The van der Waals surface area contributed by atoms with Gasteiger partial charge in [0.05, 0.1) is 0 Å². The van der Waals surface area contributed by atoms with Crippen LogP contribution >= 0.6 is 23.4 Å². The van der Waals surface area contributed by atoms with E-state index >= 15 is 0 Å². The summed E-state index contributed by atoms with van der Waals surface area (Å²) in [6, 6.07) is 10.9. The minimum atomic E-state index is 0.291. The van der Waals surface area contributed by atoms with E-state index < -0.39 is 0 Å². The minimum Gasteiger partial charge on any atom is -0.508 e. The third-order valence-corrected chi connectivity index (χ3v) is 3.30. The molecule has 4 heteroatoms. The maximum Gasteiger partial charge on any atom is 0.129 e. The smallest absolute Gasteiger partial charge is 0.129 e. The lowest BCUT2D eigenvalue weighted by Gasteiger charge is -2.02. The fourth-order valence-corrected chi connectivity index (χ4v) is 2.23. The van der Waals surface area contributed by atoms with Crippen LogP contribution in [0, 0.1) is 0 Å². The molecular formula is C12H10ClNOS. The van der Waals surface area contributed by atoms with Crippen molar-refractivity contribution in [3.05, 3.63) is 53.3 Å². The zero-order chi connectivity index (χ0) is 11.4. The molecule has 0 aliphatic carbocycles. The first-order valence-corrected chi connectivity index (χ1v) is 6.13. The fraction of sp³-hybridized carbons (Fsp3) is 0.0833. The number of phenolic OH excluding ortho intramolecular Hbond substituents is 1. The van der Waals surface area contributed by atoms with Crippen LogP contribution in [0.25, 0.3) is 0 Å². The average Bonchev–Trinajstić information content (AvgIpc) is 2.28. The zero-order valence-corrected chi connectivity index (χ0v) is 10.0. The number of pyridine rings is 1. The lowest BCUT2D eigenvalue weighted by atomic mass is 10.3. The second kappa shape index (κ2) is 5.23. The van der Waals surface area contributed by atoms with Gasteiger partial charge >= 0.3 is 0 Å². The van der Waals surface area contributed by atoms with Crippen LogP contribution in [0.2, 0.25) is 5.15 Å². The quantitative estimate of drug-likeness (QED) is 0.667. The lowest BCUT2D eigenvalue weighted by Crippen LogP contribution is -1.82. The Hall–Kier alpha value is -1.19. The van der Waals surface area contributed by atoms with Crippen LogP contribution in [-0.4, -0.2) is 10.1 Å². The highest BCUT2D eigenvalue weighted by Gasteiger charge is 1.98. The predicted octanol–water partition coefficient (Wildman–Crippen LogP) is 3.73. The van der Waals surface area contributed by atoms with E-state index in [9.17, 15) is 5.11 Å². The van der Waals surface area contributed by atoms with Crippen LogP contribution in [0.4, 0.5) is 0 Å². The molecule has 82 valence electrons. The molecule has 0 aliphatic heterocycles. The summed E-state index contributed by atoms with van der Waals surface area (Å²) in [4.78, 5) is 5.05. The second-order valence-corrected chi connectivity index (χ2v) is 4.71. The number of hydrogen-bond acceptors (Lipinski definition) is 3. The van der Waals surface area contributed by atoms with Gasteiger partial charge in [0.25, 0.3) is 0 Å². The van der Waals surface area contributed by atoms with Gasteiger partial charge in [-0.05, 0) is 29.8 Å².